The van der Waals surface area contributed by atoms with Crippen LogP contribution >= 0.6 is 11.8 Å². The predicted octanol–water partition coefficient (Wildman–Crippen LogP) is 4.23. The second-order valence-electron chi connectivity index (χ2n) is 7.50. The van der Waals surface area contributed by atoms with Crippen molar-refractivity contribution in [1.29, 1.82) is 0 Å². The number of halogens is 1. The third-order valence-corrected chi connectivity index (χ3v) is 6.57. The number of aromatic nitrogens is 1. The summed E-state index contributed by atoms with van der Waals surface area (Å²) >= 11 is 1.54. The van der Waals surface area contributed by atoms with Crippen LogP contribution in [-0.2, 0) is 5.54 Å². The zero-order valence-electron chi connectivity index (χ0n) is 15.7. The average molecular weight is 399 g/mol. The number of amidine groups is 1. The van der Waals surface area contributed by atoms with E-state index in [4.69, 9.17) is 10.7 Å². The molecule has 4 rings (SSSR count). The highest BCUT2D eigenvalue weighted by atomic mass is 32.2. The summed E-state index contributed by atoms with van der Waals surface area (Å²) in [6, 6.07) is 8.20. The standard InChI is InChI=1S/C21H23FN4OS/c1-13-5-8-18(24-11-13)19(27)25-15-6-7-17(22)16(10-15)21-9-3-2-4-14(21)12-28-20(23)26-21/h5-8,10-11,14H,2-4,9,12H2,1H3,(H2,23,26)(H,25,27). The number of benzene rings is 1. The Balaban J connectivity index is 1.68. The van der Waals surface area contributed by atoms with Gasteiger partial charge in [-0.2, -0.15) is 0 Å². The summed E-state index contributed by atoms with van der Waals surface area (Å²) in [6.07, 6.45) is 5.54. The molecule has 0 spiro atoms. The Morgan fingerprint density at radius 3 is 2.96 bits per heavy atom. The van der Waals surface area contributed by atoms with E-state index < -0.39 is 5.54 Å². The predicted molar refractivity (Wildman–Crippen MR) is 111 cm³/mol. The van der Waals surface area contributed by atoms with Crippen molar-refractivity contribution in [2.45, 2.75) is 38.1 Å². The van der Waals surface area contributed by atoms with Gasteiger partial charge in [-0.25, -0.2) is 4.39 Å². The minimum absolute atomic E-state index is 0.248. The second kappa shape index (κ2) is 7.54. The van der Waals surface area contributed by atoms with Gasteiger partial charge in [-0.3, -0.25) is 14.8 Å². The molecule has 1 amide bonds. The zero-order valence-corrected chi connectivity index (χ0v) is 16.6. The normalized spacial score (nSPS) is 24.2. The molecule has 7 heteroatoms. The molecule has 5 nitrogen and oxygen atoms in total. The number of pyridine rings is 1. The third kappa shape index (κ3) is 3.51. The van der Waals surface area contributed by atoms with E-state index in [0.717, 1.165) is 37.0 Å². The smallest absolute Gasteiger partial charge is 0.274 e. The van der Waals surface area contributed by atoms with Gasteiger partial charge in [0.15, 0.2) is 5.17 Å². The minimum Gasteiger partial charge on any atom is -0.379 e. The molecule has 1 aromatic heterocycles. The summed E-state index contributed by atoms with van der Waals surface area (Å²) in [4.78, 5) is 21.4. The van der Waals surface area contributed by atoms with Crippen molar-refractivity contribution in [1.82, 2.24) is 4.98 Å². The lowest BCUT2D eigenvalue weighted by atomic mass is 9.69. The van der Waals surface area contributed by atoms with Gasteiger partial charge in [0.25, 0.3) is 5.91 Å². The fraction of sp³-hybridized carbons (Fsp3) is 0.381. The summed E-state index contributed by atoms with van der Waals surface area (Å²) < 4.78 is 14.9. The van der Waals surface area contributed by atoms with E-state index in [-0.39, 0.29) is 17.6 Å². The molecule has 2 heterocycles. The molecular weight excluding hydrogens is 375 g/mol. The van der Waals surface area contributed by atoms with Gasteiger partial charge in [0.2, 0.25) is 0 Å². The summed E-state index contributed by atoms with van der Waals surface area (Å²) in [5.74, 6) is 0.468. The first-order valence-electron chi connectivity index (χ1n) is 9.50. The van der Waals surface area contributed by atoms with Gasteiger partial charge < -0.3 is 11.1 Å². The molecule has 1 fully saturated rings. The Hall–Kier alpha value is -2.41. The van der Waals surface area contributed by atoms with Crippen LogP contribution in [0.1, 0.15) is 47.3 Å². The minimum atomic E-state index is -0.638. The number of carbonyl (C=O) groups is 1. The van der Waals surface area contributed by atoms with Crippen molar-refractivity contribution in [3.63, 3.8) is 0 Å². The molecule has 2 unspecified atom stereocenters. The fourth-order valence-corrected chi connectivity index (χ4v) is 5.20. The first kappa shape index (κ1) is 18.9. The third-order valence-electron chi connectivity index (χ3n) is 5.61. The van der Waals surface area contributed by atoms with E-state index in [1.807, 2.05) is 13.0 Å². The topological polar surface area (TPSA) is 80.4 Å². The number of carbonyl (C=O) groups excluding carboxylic acids is 1. The molecule has 1 aromatic carbocycles. The largest absolute Gasteiger partial charge is 0.379 e. The molecule has 1 aliphatic carbocycles. The number of nitrogens with two attached hydrogens (primary N) is 1. The number of hydrogen-bond donors (Lipinski definition) is 2. The van der Waals surface area contributed by atoms with Crippen molar-refractivity contribution in [3.8, 4) is 0 Å². The van der Waals surface area contributed by atoms with E-state index in [9.17, 15) is 9.18 Å². The Morgan fingerprint density at radius 2 is 2.18 bits per heavy atom. The van der Waals surface area contributed by atoms with Gasteiger partial charge in [0, 0.05) is 23.2 Å². The molecule has 146 valence electrons. The number of fused-ring (bicyclic) bond motifs is 1. The van der Waals surface area contributed by atoms with Gasteiger partial charge in [-0.15, -0.1) is 0 Å². The van der Waals surface area contributed by atoms with Crippen molar-refractivity contribution in [2.75, 3.05) is 11.1 Å². The van der Waals surface area contributed by atoms with E-state index in [1.54, 1.807) is 36.2 Å². The first-order valence-corrected chi connectivity index (χ1v) is 10.5. The number of aryl methyl sites for hydroxylation is 1. The Morgan fingerprint density at radius 1 is 1.32 bits per heavy atom. The molecular formula is C21H23FN4OS. The van der Waals surface area contributed by atoms with Crippen LogP contribution in [0.5, 0.6) is 0 Å². The van der Waals surface area contributed by atoms with E-state index in [1.165, 1.54) is 6.07 Å². The molecule has 1 aliphatic heterocycles. The summed E-state index contributed by atoms with van der Waals surface area (Å²) in [6.45, 7) is 1.91. The van der Waals surface area contributed by atoms with Gasteiger partial charge in [-0.1, -0.05) is 30.7 Å². The SMILES string of the molecule is Cc1ccc(C(=O)Nc2ccc(F)c(C34CCCCC3CSC(N)=N4)c2)nc1. The molecule has 1 saturated carbocycles. The number of nitrogens with zero attached hydrogens (tertiary/aromatic N) is 2. The van der Waals surface area contributed by atoms with Crippen molar-refractivity contribution >= 4 is 28.5 Å². The molecule has 3 N–H and O–H groups in total. The van der Waals surface area contributed by atoms with E-state index >= 15 is 0 Å². The van der Waals surface area contributed by atoms with Crippen LogP contribution in [0.25, 0.3) is 0 Å². The number of amides is 1. The number of rotatable bonds is 3. The highest BCUT2D eigenvalue weighted by Gasteiger charge is 2.46. The van der Waals surface area contributed by atoms with Gasteiger partial charge in [0.1, 0.15) is 11.5 Å². The highest BCUT2D eigenvalue weighted by molar-refractivity contribution is 8.13. The molecule has 2 atom stereocenters. The number of aliphatic imine (C=N–C) groups is 1. The Labute approximate surface area is 168 Å². The van der Waals surface area contributed by atoms with Gasteiger partial charge in [-0.05, 0) is 55.5 Å². The Kier molecular flexibility index (Phi) is 5.10. The number of hydrogen-bond acceptors (Lipinski definition) is 5. The van der Waals surface area contributed by atoms with Crippen molar-refractivity contribution in [3.05, 3.63) is 59.2 Å². The van der Waals surface area contributed by atoms with Crippen LogP contribution in [0.2, 0.25) is 0 Å². The quantitative estimate of drug-likeness (QED) is 0.811. The lowest BCUT2D eigenvalue weighted by Crippen LogP contribution is -2.43. The fourth-order valence-electron chi connectivity index (χ4n) is 4.16. The molecule has 2 aliphatic rings. The van der Waals surface area contributed by atoms with Crippen molar-refractivity contribution in [2.24, 2.45) is 16.6 Å². The molecule has 28 heavy (non-hydrogen) atoms. The molecule has 0 saturated heterocycles. The van der Waals surface area contributed by atoms with Crippen LogP contribution < -0.4 is 11.1 Å². The van der Waals surface area contributed by atoms with Crippen molar-refractivity contribution < 1.29 is 9.18 Å². The van der Waals surface area contributed by atoms with Crippen LogP contribution in [0.15, 0.2) is 41.5 Å². The number of thioether (sulfide) groups is 1. The van der Waals surface area contributed by atoms with E-state index in [2.05, 4.69) is 10.3 Å². The lowest BCUT2D eigenvalue weighted by Gasteiger charge is -2.44. The maximum atomic E-state index is 14.9. The highest BCUT2D eigenvalue weighted by Crippen LogP contribution is 2.50. The summed E-state index contributed by atoms with van der Waals surface area (Å²) in [5, 5.41) is 3.34. The van der Waals surface area contributed by atoms with Crippen LogP contribution in [0, 0.1) is 18.7 Å². The number of anilines is 1. The summed E-state index contributed by atoms with van der Waals surface area (Å²) in [7, 11) is 0. The van der Waals surface area contributed by atoms with Crippen LogP contribution in [0.3, 0.4) is 0 Å². The summed E-state index contributed by atoms with van der Waals surface area (Å²) in [5.41, 5.74) is 7.76. The first-order chi connectivity index (χ1) is 13.5. The lowest BCUT2D eigenvalue weighted by molar-refractivity contribution is 0.102. The number of nitrogens with one attached hydrogen (secondary N) is 1. The maximum absolute atomic E-state index is 14.9. The molecule has 0 bridgehead atoms. The zero-order chi connectivity index (χ0) is 19.7. The second-order valence-corrected chi connectivity index (χ2v) is 8.54. The van der Waals surface area contributed by atoms with Crippen LogP contribution in [0.4, 0.5) is 10.1 Å². The Bertz CT molecular complexity index is 931. The maximum Gasteiger partial charge on any atom is 0.274 e. The van der Waals surface area contributed by atoms with Gasteiger partial charge >= 0.3 is 0 Å². The van der Waals surface area contributed by atoms with E-state index in [0.29, 0.717) is 22.1 Å². The van der Waals surface area contributed by atoms with Gasteiger partial charge in [0.05, 0.1) is 5.54 Å². The average Bonchev–Trinajstić information content (AvgIpc) is 2.69. The molecule has 0 radical (unpaired) electrons. The van der Waals surface area contributed by atoms with Crippen LogP contribution in [-0.4, -0.2) is 21.8 Å². The molecule has 2 aromatic rings. The monoisotopic (exact) mass is 398 g/mol.